The Bertz CT molecular complexity index is 1100. The van der Waals surface area contributed by atoms with Crippen LogP contribution in [0.2, 0.25) is 15.1 Å². The van der Waals surface area contributed by atoms with Crippen molar-refractivity contribution in [1.29, 1.82) is 0 Å². The van der Waals surface area contributed by atoms with E-state index in [4.69, 9.17) is 34.8 Å². The summed E-state index contributed by atoms with van der Waals surface area (Å²) in [6.45, 7) is 2.87. The van der Waals surface area contributed by atoms with Crippen molar-refractivity contribution in [3.8, 4) is 0 Å². The quantitative estimate of drug-likeness (QED) is 0.278. The van der Waals surface area contributed by atoms with Crippen LogP contribution < -0.4 is 5.32 Å². The molecule has 1 unspecified atom stereocenters. The minimum absolute atomic E-state index is 0.0143. The van der Waals surface area contributed by atoms with Crippen LogP contribution in [0.5, 0.6) is 0 Å². The molecule has 1 atom stereocenters. The third-order valence-electron chi connectivity index (χ3n) is 5.76. The fourth-order valence-electron chi connectivity index (χ4n) is 3.80. The Labute approximate surface area is 222 Å². The second-order valence-corrected chi connectivity index (χ2v) is 9.63. The van der Waals surface area contributed by atoms with Crippen molar-refractivity contribution in [2.24, 2.45) is 0 Å². The first-order chi connectivity index (χ1) is 16.9. The van der Waals surface area contributed by atoms with Gasteiger partial charge in [0.15, 0.2) is 0 Å². The topological polar surface area (TPSA) is 49.4 Å². The minimum Gasteiger partial charge on any atom is -0.354 e. The number of nitrogens with one attached hydrogen (secondary N) is 1. The summed E-state index contributed by atoms with van der Waals surface area (Å²) < 4.78 is 0. The zero-order valence-corrected chi connectivity index (χ0v) is 21.9. The van der Waals surface area contributed by atoms with Crippen molar-refractivity contribution in [1.82, 2.24) is 10.2 Å². The monoisotopic (exact) mass is 530 g/mol. The van der Waals surface area contributed by atoms with Gasteiger partial charge in [0.1, 0.15) is 6.04 Å². The standard InChI is InChI=1S/C28H29Cl3N2O2/c1-2-3-16-32-28(35)26(17-20-8-5-4-6-9-20)33(19-21-12-14-22(29)15-13-21)27(34)18-23-24(30)10-7-11-25(23)31/h4-15,26H,2-3,16-19H2,1H3,(H,32,35). The highest BCUT2D eigenvalue weighted by Gasteiger charge is 2.31. The first-order valence-corrected chi connectivity index (χ1v) is 12.8. The van der Waals surface area contributed by atoms with Crippen molar-refractivity contribution < 1.29 is 9.59 Å². The first kappa shape index (κ1) is 27.1. The summed E-state index contributed by atoms with van der Waals surface area (Å²) >= 11 is 18.8. The Kier molecular flexibility index (Phi) is 10.5. The average Bonchev–Trinajstić information content (AvgIpc) is 2.85. The molecule has 0 aliphatic heterocycles. The van der Waals surface area contributed by atoms with E-state index in [1.54, 1.807) is 35.2 Å². The van der Waals surface area contributed by atoms with Crippen LogP contribution in [0.3, 0.4) is 0 Å². The van der Waals surface area contributed by atoms with Crippen LogP contribution in [0.4, 0.5) is 0 Å². The van der Waals surface area contributed by atoms with Gasteiger partial charge in [0, 0.05) is 34.6 Å². The summed E-state index contributed by atoms with van der Waals surface area (Å²) in [5.41, 5.74) is 2.38. The molecule has 4 nitrogen and oxygen atoms in total. The van der Waals surface area contributed by atoms with Gasteiger partial charge in [0.2, 0.25) is 11.8 Å². The Morgan fingerprint density at radius 1 is 0.857 bits per heavy atom. The highest BCUT2D eigenvalue weighted by molar-refractivity contribution is 6.36. The number of hydrogen-bond donors (Lipinski definition) is 1. The highest BCUT2D eigenvalue weighted by Crippen LogP contribution is 2.26. The van der Waals surface area contributed by atoms with Crippen molar-refractivity contribution >= 4 is 46.6 Å². The molecule has 0 bridgehead atoms. The summed E-state index contributed by atoms with van der Waals surface area (Å²) in [5.74, 6) is -0.420. The normalized spacial score (nSPS) is 11.7. The lowest BCUT2D eigenvalue weighted by atomic mass is 10.0. The van der Waals surface area contributed by atoms with Gasteiger partial charge in [-0.1, -0.05) is 96.7 Å². The molecule has 3 aromatic carbocycles. The summed E-state index contributed by atoms with van der Waals surface area (Å²) in [4.78, 5) is 28.8. The Balaban J connectivity index is 1.97. The molecule has 0 saturated heterocycles. The van der Waals surface area contributed by atoms with Gasteiger partial charge in [0.25, 0.3) is 0 Å². The summed E-state index contributed by atoms with van der Waals surface area (Å²) in [6.07, 6.45) is 2.19. The number of halogens is 3. The van der Waals surface area contributed by atoms with Crippen LogP contribution in [0.25, 0.3) is 0 Å². The van der Waals surface area contributed by atoms with Gasteiger partial charge < -0.3 is 10.2 Å². The summed E-state index contributed by atoms with van der Waals surface area (Å²) in [7, 11) is 0. The van der Waals surface area contributed by atoms with E-state index < -0.39 is 6.04 Å². The van der Waals surface area contributed by atoms with Gasteiger partial charge in [-0.3, -0.25) is 9.59 Å². The fourth-order valence-corrected chi connectivity index (χ4v) is 4.46. The molecule has 3 aromatic rings. The van der Waals surface area contributed by atoms with Crippen molar-refractivity contribution in [2.75, 3.05) is 6.54 Å². The molecule has 0 saturated carbocycles. The highest BCUT2D eigenvalue weighted by atomic mass is 35.5. The molecule has 7 heteroatoms. The maximum Gasteiger partial charge on any atom is 0.243 e. The van der Waals surface area contributed by atoms with E-state index >= 15 is 0 Å². The van der Waals surface area contributed by atoms with Crippen molar-refractivity contribution in [3.63, 3.8) is 0 Å². The van der Waals surface area contributed by atoms with Crippen LogP contribution in [-0.2, 0) is 29.0 Å². The molecule has 35 heavy (non-hydrogen) atoms. The molecule has 0 aromatic heterocycles. The number of benzene rings is 3. The Morgan fingerprint density at radius 3 is 2.14 bits per heavy atom. The van der Waals surface area contributed by atoms with Gasteiger partial charge in [-0.2, -0.15) is 0 Å². The molecule has 3 rings (SSSR count). The first-order valence-electron chi connectivity index (χ1n) is 11.7. The van der Waals surface area contributed by atoms with Crippen LogP contribution in [-0.4, -0.2) is 29.3 Å². The maximum atomic E-state index is 13.8. The van der Waals surface area contributed by atoms with E-state index in [2.05, 4.69) is 12.2 Å². The van der Waals surface area contributed by atoms with Gasteiger partial charge in [0.05, 0.1) is 6.42 Å². The van der Waals surface area contributed by atoms with E-state index in [1.807, 2.05) is 42.5 Å². The number of amides is 2. The molecule has 0 fully saturated rings. The molecule has 0 spiro atoms. The zero-order chi connectivity index (χ0) is 25.2. The number of carbonyl (C=O) groups excluding carboxylic acids is 2. The molecule has 0 aliphatic carbocycles. The van der Waals surface area contributed by atoms with Crippen LogP contribution in [0.15, 0.2) is 72.8 Å². The van der Waals surface area contributed by atoms with Gasteiger partial charge >= 0.3 is 0 Å². The average molecular weight is 532 g/mol. The molecule has 0 aliphatic rings. The summed E-state index contributed by atoms with van der Waals surface area (Å²) in [6, 6.07) is 21.4. The largest absolute Gasteiger partial charge is 0.354 e. The van der Waals surface area contributed by atoms with E-state index in [1.165, 1.54) is 0 Å². The third-order valence-corrected chi connectivity index (χ3v) is 6.72. The van der Waals surface area contributed by atoms with Gasteiger partial charge in [-0.15, -0.1) is 0 Å². The van der Waals surface area contributed by atoms with Crippen LogP contribution in [0, 0.1) is 0 Å². The second kappa shape index (κ2) is 13.5. The van der Waals surface area contributed by atoms with E-state index in [-0.39, 0.29) is 24.8 Å². The van der Waals surface area contributed by atoms with Crippen LogP contribution in [0.1, 0.15) is 36.5 Å². The zero-order valence-electron chi connectivity index (χ0n) is 19.6. The van der Waals surface area contributed by atoms with Crippen molar-refractivity contribution in [2.45, 2.75) is 45.2 Å². The van der Waals surface area contributed by atoms with Gasteiger partial charge in [-0.25, -0.2) is 0 Å². The number of hydrogen-bond acceptors (Lipinski definition) is 2. The second-order valence-electron chi connectivity index (χ2n) is 8.38. The molecule has 1 N–H and O–H groups in total. The fraction of sp³-hybridized carbons (Fsp3) is 0.286. The molecular weight excluding hydrogens is 503 g/mol. The maximum absolute atomic E-state index is 13.8. The molecule has 0 radical (unpaired) electrons. The number of nitrogens with zero attached hydrogens (tertiary/aromatic N) is 1. The number of unbranched alkanes of at least 4 members (excludes halogenated alkanes) is 1. The van der Waals surface area contributed by atoms with Crippen molar-refractivity contribution in [3.05, 3.63) is 105 Å². The van der Waals surface area contributed by atoms with E-state index in [0.717, 1.165) is 24.0 Å². The predicted octanol–water partition coefficient (Wildman–Crippen LogP) is 6.75. The smallest absolute Gasteiger partial charge is 0.243 e. The van der Waals surface area contributed by atoms with Crippen LogP contribution >= 0.6 is 34.8 Å². The summed E-state index contributed by atoms with van der Waals surface area (Å²) in [5, 5.41) is 4.46. The lowest BCUT2D eigenvalue weighted by Gasteiger charge is -2.32. The Morgan fingerprint density at radius 2 is 1.51 bits per heavy atom. The minimum atomic E-state index is -0.710. The molecular formula is C28H29Cl3N2O2. The van der Waals surface area contributed by atoms with E-state index in [0.29, 0.717) is 33.6 Å². The third kappa shape index (κ3) is 7.99. The lowest BCUT2D eigenvalue weighted by Crippen LogP contribution is -2.51. The van der Waals surface area contributed by atoms with Gasteiger partial charge in [-0.05, 0) is 47.4 Å². The van der Waals surface area contributed by atoms with E-state index in [9.17, 15) is 9.59 Å². The Hall–Kier alpha value is -2.53. The molecule has 0 heterocycles. The SMILES string of the molecule is CCCCNC(=O)C(Cc1ccccc1)N(Cc1ccc(Cl)cc1)C(=O)Cc1c(Cl)cccc1Cl. The number of carbonyl (C=O) groups is 2. The molecule has 184 valence electrons. The predicted molar refractivity (Wildman–Crippen MR) is 144 cm³/mol. The lowest BCUT2D eigenvalue weighted by molar-refractivity contribution is -0.140. The number of rotatable bonds is 11. The molecule has 2 amide bonds.